The van der Waals surface area contributed by atoms with E-state index in [0.29, 0.717) is 4.73 Å². The van der Waals surface area contributed by atoms with Crippen LogP contribution >= 0.6 is 0 Å². The highest BCUT2D eigenvalue weighted by molar-refractivity contribution is 5.73. The first-order chi connectivity index (χ1) is 14.5. The fourth-order valence-electron chi connectivity index (χ4n) is 2.99. The minimum atomic E-state index is -1.48. The van der Waals surface area contributed by atoms with Crippen LogP contribution in [0.3, 0.4) is 0 Å². The molecule has 1 amide bonds. The van der Waals surface area contributed by atoms with Crippen LogP contribution in [-0.4, -0.2) is 76.0 Å². The molecule has 0 spiro atoms. The van der Waals surface area contributed by atoms with Gasteiger partial charge in [-0.1, -0.05) is 0 Å². The third kappa shape index (κ3) is 6.25. The van der Waals surface area contributed by atoms with Crippen molar-refractivity contribution in [1.82, 2.24) is 10.0 Å². The van der Waals surface area contributed by atoms with Gasteiger partial charge in [0.25, 0.3) is 0 Å². The maximum absolute atomic E-state index is 11.8. The molecule has 1 aliphatic rings. The second-order valence-corrected chi connectivity index (χ2v) is 6.67. The van der Waals surface area contributed by atoms with Crippen molar-refractivity contribution in [1.29, 1.82) is 0 Å². The van der Waals surface area contributed by atoms with Crippen LogP contribution in [0.25, 0.3) is 0 Å². The third-order valence-electron chi connectivity index (χ3n) is 4.08. The summed E-state index contributed by atoms with van der Waals surface area (Å²) in [5.41, 5.74) is 0. The highest BCUT2D eigenvalue weighted by Crippen LogP contribution is 2.29. The summed E-state index contributed by atoms with van der Waals surface area (Å²) in [6.07, 6.45) is -5.29. The fraction of sp³-hybridized carbons (Fsp3) is 0.556. The van der Waals surface area contributed by atoms with Gasteiger partial charge in [-0.2, -0.15) is 0 Å². The molecule has 13 heteroatoms. The number of nitrogens with one attached hydrogen (secondary N) is 1. The van der Waals surface area contributed by atoms with Gasteiger partial charge in [-0.05, 0) is 0 Å². The van der Waals surface area contributed by atoms with E-state index in [-0.39, 0.29) is 0 Å². The lowest BCUT2D eigenvalue weighted by atomic mass is 9.96. The fourth-order valence-corrected chi connectivity index (χ4v) is 2.99. The number of amides is 1. The van der Waals surface area contributed by atoms with Gasteiger partial charge in [0.15, 0.2) is 12.2 Å². The zero-order valence-electron chi connectivity index (χ0n) is 17.3. The average Bonchev–Trinajstić information content (AvgIpc) is 2.95. The molecule has 3 N–H and O–H groups in total. The molecule has 0 unspecified atom stereocenters. The molecule has 1 aliphatic heterocycles. The summed E-state index contributed by atoms with van der Waals surface area (Å²) in [4.78, 5) is 52.0. The van der Waals surface area contributed by atoms with E-state index in [0.717, 1.165) is 32.9 Å². The Bertz CT molecular complexity index is 817. The zero-order valence-corrected chi connectivity index (χ0v) is 17.3. The molecule has 1 aromatic heterocycles. The average molecular weight is 444 g/mol. The molecule has 2 rings (SSSR count). The Morgan fingerprint density at radius 1 is 0.968 bits per heavy atom. The lowest BCUT2D eigenvalue weighted by Gasteiger charge is -2.44. The molecular weight excluding hydrogens is 420 g/mol. The first kappa shape index (κ1) is 23.8. The van der Waals surface area contributed by atoms with Gasteiger partial charge in [0.05, 0.1) is 0 Å². The van der Waals surface area contributed by atoms with E-state index in [1.807, 2.05) is 0 Å². The number of hydrogen-bond acceptors (Lipinski definition) is 11. The van der Waals surface area contributed by atoms with E-state index >= 15 is 0 Å². The molecule has 0 radical (unpaired) electrons. The lowest BCUT2D eigenvalue weighted by molar-refractivity contribution is -0.278. The third-order valence-corrected chi connectivity index (χ3v) is 4.08. The van der Waals surface area contributed by atoms with E-state index < -0.39 is 72.8 Å². The van der Waals surface area contributed by atoms with Crippen LogP contribution in [0.2, 0.25) is 0 Å². The van der Waals surface area contributed by atoms with Crippen LogP contribution in [0.15, 0.2) is 12.1 Å². The predicted octanol–water partition coefficient (Wildman–Crippen LogP) is -1.02. The number of carbonyl (C=O) groups is 4. The number of esters is 3. The molecule has 5 atom stereocenters. The molecule has 0 saturated carbocycles. The van der Waals surface area contributed by atoms with Crippen LogP contribution in [0.1, 0.15) is 27.7 Å². The van der Waals surface area contributed by atoms with Crippen molar-refractivity contribution in [3.05, 3.63) is 12.1 Å². The minimum absolute atomic E-state index is 0.415. The smallest absolute Gasteiger partial charge is 0.303 e. The van der Waals surface area contributed by atoms with E-state index in [1.54, 1.807) is 0 Å². The molecule has 13 nitrogen and oxygen atoms in total. The summed E-state index contributed by atoms with van der Waals surface area (Å²) < 4.78 is 21.8. The number of aromatic hydroxyl groups is 2. The highest BCUT2D eigenvalue weighted by atomic mass is 16.8. The predicted molar refractivity (Wildman–Crippen MR) is 98.3 cm³/mol. The molecule has 0 aliphatic carbocycles. The lowest BCUT2D eigenvalue weighted by Crippen LogP contribution is -2.68. The molecule has 0 bridgehead atoms. The van der Waals surface area contributed by atoms with Crippen molar-refractivity contribution in [2.45, 2.75) is 58.3 Å². The molecule has 2 heterocycles. The van der Waals surface area contributed by atoms with Gasteiger partial charge < -0.3 is 39.3 Å². The highest BCUT2D eigenvalue weighted by Gasteiger charge is 2.52. The standard InChI is InChI=1S/C18H24N2O11/c1-8(21)19-15-17(29-11(4)24)16(28-10(3)23)12(7-27-9(2)22)30-18(15)31-20-13(25)5-6-14(20)26/h5-6,12,15-18,25-26H,7H2,1-4H3,(H,19,21)/t12-,15-,16+,17-,18-/m1/s1. The van der Waals surface area contributed by atoms with Crippen molar-refractivity contribution in [3.63, 3.8) is 0 Å². The Kier molecular flexibility index (Phi) is 7.69. The second-order valence-electron chi connectivity index (χ2n) is 6.67. The Hall–Kier alpha value is -3.48. The molecule has 31 heavy (non-hydrogen) atoms. The molecule has 0 aromatic carbocycles. The van der Waals surface area contributed by atoms with E-state index in [4.69, 9.17) is 23.8 Å². The summed E-state index contributed by atoms with van der Waals surface area (Å²) in [6, 6.07) is 1.01. The van der Waals surface area contributed by atoms with Crippen LogP contribution in [0.5, 0.6) is 11.8 Å². The van der Waals surface area contributed by atoms with Crippen molar-refractivity contribution in [2.24, 2.45) is 0 Å². The molecule has 1 aromatic rings. The minimum Gasteiger partial charge on any atom is -0.492 e. The van der Waals surface area contributed by atoms with Crippen LogP contribution in [-0.2, 0) is 38.1 Å². The topological polar surface area (TPSA) is 172 Å². The number of aromatic nitrogens is 1. The molecule has 1 fully saturated rings. The van der Waals surface area contributed by atoms with Crippen LogP contribution in [0.4, 0.5) is 0 Å². The summed E-state index contributed by atoms with van der Waals surface area (Å²) in [7, 11) is 0. The summed E-state index contributed by atoms with van der Waals surface area (Å²) >= 11 is 0. The van der Waals surface area contributed by atoms with Gasteiger partial charge in [-0.3, -0.25) is 19.2 Å². The summed E-state index contributed by atoms with van der Waals surface area (Å²) in [6.45, 7) is 4.13. The van der Waals surface area contributed by atoms with Gasteiger partial charge in [0.2, 0.25) is 24.0 Å². The van der Waals surface area contributed by atoms with Gasteiger partial charge in [-0.15, -0.1) is 4.73 Å². The Morgan fingerprint density at radius 3 is 2.00 bits per heavy atom. The second kappa shape index (κ2) is 10.0. The Labute approximate surface area is 176 Å². The number of nitrogens with zero attached hydrogens (tertiary/aromatic N) is 1. The number of carbonyl (C=O) groups excluding carboxylic acids is 4. The number of hydrogen-bond donors (Lipinski definition) is 3. The van der Waals surface area contributed by atoms with E-state index in [2.05, 4.69) is 5.32 Å². The maximum atomic E-state index is 11.8. The van der Waals surface area contributed by atoms with E-state index in [1.165, 1.54) is 6.92 Å². The van der Waals surface area contributed by atoms with Crippen molar-refractivity contribution in [3.8, 4) is 11.8 Å². The largest absolute Gasteiger partial charge is 0.492 e. The van der Waals surface area contributed by atoms with Crippen LogP contribution in [0, 0.1) is 0 Å². The zero-order chi connectivity index (χ0) is 23.3. The summed E-state index contributed by atoms with van der Waals surface area (Å²) in [5.74, 6) is -3.73. The quantitative estimate of drug-likeness (QED) is 0.347. The van der Waals surface area contributed by atoms with Crippen molar-refractivity contribution < 1.29 is 53.2 Å². The molecule has 172 valence electrons. The van der Waals surface area contributed by atoms with E-state index in [9.17, 15) is 29.4 Å². The first-order valence-corrected chi connectivity index (χ1v) is 9.16. The maximum Gasteiger partial charge on any atom is 0.303 e. The van der Waals surface area contributed by atoms with Crippen molar-refractivity contribution >= 4 is 23.8 Å². The monoisotopic (exact) mass is 444 g/mol. The van der Waals surface area contributed by atoms with Gasteiger partial charge in [-0.25, -0.2) is 0 Å². The van der Waals surface area contributed by atoms with Crippen LogP contribution < -0.4 is 10.2 Å². The Morgan fingerprint density at radius 2 is 1.52 bits per heavy atom. The number of ether oxygens (including phenoxy) is 4. The Balaban J connectivity index is 2.47. The van der Waals surface area contributed by atoms with Crippen molar-refractivity contribution in [2.75, 3.05) is 6.61 Å². The first-order valence-electron chi connectivity index (χ1n) is 9.16. The normalized spacial score (nSPS) is 25.2. The van der Waals surface area contributed by atoms with Gasteiger partial charge >= 0.3 is 17.9 Å². The molecule has 1 saturated heterocycles. The SMILES string of the molecule is CC(=O)N[C@H]1[C@@H](On2c(O)ccc2O)O[C@H](COC(C)=O)[C@H](OC(C)=O)[C@@H]1OC(C)=O. The summed E-state index contributed by atoms with van der Waals surface area (Å²) in [5, 5.41) is 22.2. The van der Waals surface area contributed by atoms with Gasteiger partial charge in [0.1, 0.15) is 18.8 Å². The van der Waals surface area contributed by atoms with Gasteiger partial charge in [0, 0.05) is 39.8 Å². The number of rotatable bonds is 7. The molecular formula is C18H24N2O11.